The van der Waals surface area contributed by atoms with Crippen molar-refractivity contribution in [3.63, 3.8) is 0 Å². The fourth-order valence-electron chi connectivity index (χ4n) is 2.36. The van der Waals surface area contributed by atoms with E-state index in [9.17, 15) is 4.79 Å². The van der Waals surface area contributed by atoms with E-state index in [-0.39, 0.29) is 11.8 Å². The Balaban J connectivity index is 1.73. The van der Waals surface area contributed by atoms with Crippen molar-refractivity contribution < 1.29 is 4.79 Å². The van der Waals surface area contributed by atoms with Crippen LogP contribution >= 0.6 is 0 Å². The number of imidazole rings is 1. The Hall–Kier alpha value is -1.84. The summed E-state index contributed by atoms with van der Waals surface area (Å²) in [5, 5.41) is 0. The zero-order chi connectivity index (χ0) is 12.7. The topological polar surface area (TPSA) is 49.0 Å². The van der Waals surface area contributed by atoms with E-state index < -0.39 is 0 Å². The number of para-hydroxylation sites is 2. The summed E-state index contributed by atoms with van der Waals surface area (Å²) >= 11 is 0. The summed E-state index contributed by atoms with van der Waals surface area (Å²) in [4.78, 5) is 21.6. The van der Waals surface area contributed by atoms with Gasteiger partial charge in [-0.25, -0.2) is 4.98 Å². The highest BCUT2D eigenvalue weighted by atomic mass is 16.2. The molecule has 0 unspecified atom stereocenters. The van der Waals surface area contributed by atoms with Crippen molar-refractivity contribution in [3.05, 3.63) is 30.1 Å². The molecule has 4 nitrogen and oxygen atoms in total. The fraction of sp³-hybridized carbons (Fsp3) is 0.429. The highest BCUT2D eigenvalue weighted by Crippen LogP contribution is 2.27. The predicted molar refractivity (Wildman–Crippen MR) is 70.3 cm³/mol. The number of amides is 1. The fourth-order valence-corrected chi connectivity index (χ4v) is 2.36. The molecule has 1 fully saturated rings. The minimum absolute atomic E-state index is 0.0848. The molecule has 2 aromatic rings. The lowest BCUT2D eigenvalue weighted by Gasteiger charge is -2.39. The second-order valence-corrected chi connectivity index (χ2v) is 5.23. The number of likely N-dealkylation sites (tertiary alicyclic amines) is 1. The molecule has 18 heavy (non-hydrogen) atoms. The number of carbonyl (C=O) groups excluding carboxylic acids is 1. The maximum Gasteiger partial charge on any atom is 0.225 e. The number of rotatable bonds is 2. The predicted octanol–water partition coefficient (Wildman–Crippen LogP) is 2.14. The first-order chi connectivity index (χ1) is 8.65. The van der Waals surface area contributed by atoms with E-state index >= 15 is 0 Å². The average Bonchev–Trinajstić information content (AvgIpc) is 2.69. The van der Waals surface area contributed by atoms with Crippen LogP contribution in [0.1, 0.15) is 25.6 Å². The van der Waals surface area contributed by atoms with Crippen LogP contribution in [0.2, 0.25) is 0 Å². The molecule has 1 aromatic heterocycles. The van der Waals surface area contributed by atoms with Crippen molar-refractivity contribution in [2.24, 2.45) is 5.92 Å². The van der Waals surface area contributed by atoms with E-state index in [1.807, 2.05) is 43.0 Å². The molecular weight excluding hydrogens is 226 g/mol. The Bertz CT molecular complexity index is 548. The molecule has 94 valence electrons. The number of fused-ring (bicyclic) bond motifs is 1. The highest BCUT2D eigenvalue weighted by Gasteiger charge is 2.34. The van der Waals surface area contributed by atoms with Gasteiger partial charge >= 0.3 is 0 Å². The van der Waals surface area contributed by atoms with E-state index in [2.05, 4.69) is 9.97 Å². The van der Waals surface area contributed by atoms with Gasteiger partial charge in [-0.1, -0.05) is 26.0 Å². The van der Waals surface area contributed by atoms with Gasteiger partial charge in [0.15, 0.2) is 0 Å². The monoisotopic (exact) mass is 243 g/mol. The molecular formula is C14H17N3O. The van der Waals surface area contributed by atoms with Crippen LogP contribution in [-0.4, -0.2) is 33.9 Å². The third-order valence-corrected chi connectivity index (χ3v) is 3.48. The van der Waals surface area contributed by atoms with Crippen molar-refractivity contribution in [1.82, 2.24) is 14.9 Å². The zero-order valence-corrected chi connectivity index (χ0v) is 10.7. The molecule has 0 radical (unpaired) electrons. The average molecular weight is 243 g/mol. The SMILES string of the molecule is CC(C)C(=O)N1CC(c2nc3ccccc3[nH]2)C1. The number of H-pyrrole nitrogens is 1. The summed E-state index contributed by atoms with van der Waals surface area (Å²) in [6.07, 6.45) is 0. The normalized spacial score (nSPS) is 16.3. The minimum Gasteiger partial charge on any atom is -0.342 e. The summed E-state index contributed by atoms with van der Waals surface area (Å²) < 4.78 is 0. The first kappa shape index (κ1) is 11.3. The van der Waals surface area contributed by atoms with Crippen LogP contribution in [0.15, 0.2) is 24.3 Å². The van der Waals surface area contributed by atoms with Crippen LogP contribution in [0.3, 0.4) is 0 Å². The quantitative estimate of drug-likeness (QED) is 0.878. The molecule has 1 saturated heterocycles. The summed E-state index contributed by atoms with van der Waals surface area (Å²) in [6.45, 7) is 5.46. The molecule has 1 amide bonds. The zero-order valence-electron chi connectivity index (χ0n) is 10.7. The van der Waals surface area contributed by atoms with Gasteiger partial charge in [0.25, 0.3) is 0 Å². The van der Waals surface area contributed by atoms with Crippen LogP contribution in [0.25, 0.3) is 11.0 Å². The second kappa shape index (κ2) is 4.12. The smallest absolute Gasteiger partial charge is 0.225 e. The van der Waals surface area contributed by atoms with Gasteiger partial charge in [0, 0.05) is 19.0 Å². The molecule has 1 aromatic carbocycles. The summed E-state index contributed by atoms with van der Waals surface area (Å²) in [5.41, 5.74) is 2.07. The van der Waals surface area contributed by atoms with Gasteiger partial charge in [-0.3, -0.25) is 4.79 Å². The van der Waals surface area contributed by atoms with Crippen LogP contribution in [-0.2, 0) is 4.79 Å². The van der Waals surface area contributed by atoms with Crippen molar-refractivity contribution in [2.45, 2.75) is 19.8 Å². The van der Waals surface area contributed by atoms with E-state index in [4.69, 9.17) is 0 Å². The van der Waals surface area contributed by atoms with Crippen molar-refractivity contribution in [2.75, 3.05) is 13.1 Å². The number of aromatic nitrogens is 2. The Labute approximate surface area is 106 Å². The molecule has 0 spiro atoms. The Morgan fingerprint density at radius 3 is 2.78 bits per heavy atom. The van der Waals surface area contributed by atoms with Gasteiger partial charge in [0.2, 0.25) is 5.91 Å². The lowest BCUT2D eigenvalue weighted by molar-refractivity contribution is -0.139. The molecule has 0 aliphatic carbocycles. The van der Waals surface area contributed by atoms with Crippen LogP contribution in [0.5, 0.6) is 0 Å². The molecule has 0 atom stereocenters. The largest absolute Gasteiger partial charge is 0.342 e. The Kier molecular flexibility index (Phi) is 2.58. The number of nitrogens with one attached hydrogen (secondary N) is 1. The Morgan fingerprint density at radius 2 is 2.11 bits per heavy atom. The van der Waals surface area contributed by atoms with E-state index in [0.29, 0.717) is 5.92 Å². The summed E-state index contributed by atoms with van der Waals surface area (Å²) in [6, 6.07) is 8.02. The van der Waals surface area contributed by atoms with Gasteiger partial charge < -0.3 is 9.88 Å². The number of nitrogens with zero attached hydrogens (tertiary/aromatic N) is 2. The first-order valence-electron chi connectivity index (χ1n) is 6.38. The molecule has 3 rings (SSSR count). The minimum atomic E-state index is 0.0848. The van der Waals surface area contributed by atoms with Crippen molar-refractivity contribution in [1.29, 1.82) is 0 Å². The lowest BCUT2D eigenvalue weighted by Crippen LogP contribution is -2.50. The molecule has 4 heteroatoms. The number of hydrogen-bond acceptors (Lipinski definition) is 2. The van der Waals surface area contributed by atoms with Crippen LogP contribution < -0.4 is 0 Å². The summed E-state index contributed by atoms with van der Waals surface area (Å²) in [7, 11) is 0. The van der Waals surface area contributed by atoms with Crippen LogP contribution in [0, 0.1) is 5.92 Å². The standard InChI is InChI=1S/C14H17N3O/c1-9(2)14(18)17-7-10(8-17)13-15-11-5-3-4-6-12(11)16-13/h3-6,9-10H,7-8H2,1-2H3,(H,15,16). The van der Waals surface area contributed by atoms with Gasteiger partial charge in [-0.2, -0.15) is 0 Å². The van der Waals surface area contributed by atoms with Crippen LogP contribution in [0.4, 0.5) is 0 Å². The number of hydrogen-bond donors (Lipinski definition) is 1. The Morgan fingerprint density at radius 1 is 1.39 bits per heavy atom. The van der Waals surface area contributed by atoms with Gasteiger partial charge in [0.1, 0.15) is 5.82 Å². The molecule has 1 N–H and O–H groups in total. The van der Waals surface area contributed by atoms with E-state index in [0.717, 1.165) is 29.9 Å². The first-order valence-corrected chi connectivity index (χ1v) is 6.38. The third-order valence-electron chi connectivity index (χ3n) is 3.48. The van der Waals surface area contributed by atoms with E-state index in [1.54, 1.807) is 0 Å². The summed E-state index contributed by atoms with van der Waals surface area (Å²) in [5.74, 6) is 1.69. The molecule has 1 aliphatic rings. The van der Waals surface area contributed by atoms with Crippen molar-refractivity contribution >= 4 is 16.9 Å². The van der Waals surface area contributed by atoms with E-state index in [1.165, 1.54) is 0 Å². The van der Waals surface area contributed by atoms with Gasteiger partial charge in [-0.15, -0.1) is 0 Å². The molecule has 1 aliphatic heterocycles. The number of aromatic amines is 1. The maximum atomic E-state index is 11.8. The second-order valence-electron chi connectivity index (χ2n) is 5.23. The van der Waals surface area contributed by atoms with Crippen molar-refractivity contribution in [3.8, 4) is 0 Å². The number of carbonyl (C=O) groups is 1. The third kappa shape index (κ3) is 1.78. The van der Waals surface area contributed by atoms with Gasteiger partial charge in [0.05, 0.1) is 17.0 Å². The molecule has 0 saturated carbocycles. The van der Waals surface area contributed by atoms with Gasteiger partial charge in [-0.05, 0) is 12.1 Å². The molecule has 0 bridgehead atoms. The number of benzene rings is 1. The highest BCUT2D eigenvalue weighted by molar-refractivity contribution is 5.79. The maximum absolute atomic E-state index is 11.8. The lowest BCUT2D eigenvalue weighted by atomic mass is 9.97. The molecule has 2 heterocycles.